The summed E-state index contributed by atoms with van der Waals surface area (Å²) >= 11 is 0. The third-order valence-electron chi connectivity index (χ3n) is 7.17. The van der Waals surface area contributed by atoms with Crippen LogP contribution in [0.15, 0.2) is 114 Å². The Labute approximate surface area is 261 Å². The predicted molar refractivity (Wildman–Crippen MR) is 176 cm³/mol. The van der Waals surface area contributed by atoms with Gasteiger partial charge in [-0.25, -0.2) is 8.42 Å². The minimum atomic E-state index is -4.13. The van der Waals surface area contributed by atoms with Crippen molar-refractivity contribution in [2.45, 2.75) is 64.1 Å². The van der Waals surface area contributed by atoms with E-state index in [1.807, 2.05) is 107 Å². The van der Waals surface area contributed by atoms with Gasteiger partial charge in [0.2, 0.25) is 11.8 Å². The summed E-state index contributed by atoms with van der Waals surface area (Å²) in [5, 5.41) is 3.05. The number of nitrogens with zero attached hydrogens (tertiary/aromatic N) is 2. The van der Waals surface area contributed by atoms with Crippen molar-refractivity contribution in [2.75, 3.05) is 10.8 Å². The number of hydrogen-bond donors (Lipinski definition) is 1. The summed E-state index contributed by atoms with van der Waals surface area (Å²) < 4.78 is 29.3. The fraction of sp³-hybridized carbons (Fsp3) is 0.278. The van der Waals surface area contributed by atoms with Gasteiger partial charge in [0.15, 0.2) is 0 Å². The first-order chi connectivity index (χ1) is 20.8. The van der Waals surface area contributed by atoms with Gasteiger partial charge in [-0.3, -0.25) is 13.9 Å². The van der Waals surface area contributed by atoms with Crippen molar-refractivity contribution in [2.24, 2.45) is 0 Å². The average Bonchev–Trinajstić information content (AvgIpc) is 2.98. The Hall–Kier alpha value is -4.43. The van der Waals surface area contributed by atoms with E-state index in [0.717, 1.165) is 26.6 Å². The Bertz CT molecular complexity index is 1650. The van der Waals surface area contributed by atoms with Gasteiger partial charge in [-0.15, -0.1) is 0 Å². The van der Waals surface area contributed by atoms with Crippen LogP contribution in [0.3, 0.4) is 0 Å². The molecule has 0 aliphatic rings. The molecule has 0 radical (unpaired) electrons. The van der Waals surface area contributed by atoms with Crippen LogP contribution in [0.4, 0.5) is 5.69 Å². The van der Waals surface area contributed by atoms with Crippen LogP contribution in [0.2, 0.25) is 0 Å². The molecular weight excluding hydrogens is 570 g/mol. The molecule has 1 atom stereocenters. The number of carbonyl (C=O) groups is 2. The van der Waals surface area contributed by atoms with Crippen LogP contribution in [0.1, 0.15) is 43.0 Å². The first-order valence-electron chi connectivity index (χ1n) is 14.7. The zero-order valence-electron chi connectivity index (χ0n) is 26.0. The second-order valence-electron chi connectivity index (χ2n) is 12.1. The van der Waals surface area contributed by atoms with Crippen LogP contribution in [0.25, 0.3) is 0 Å². The lowest BCUT2D eigenvalue weighted by atomic mass is 10.0. The predicted octanol–water partition coefficient (Wildman–Crippen LogP) is 6.05. The molecule has 0 spiro atoms. The van der Waals surface area contributed by atoms with E-state index in [9.17, 15) is 18.0 Å². The van der Waals surface area contributed by atoms with E-state index < -0.39 is 34.1 Å². The van der Waals surface area contributed by atoms with Crippen molar-refractivity contribution in [3.8, 4) is 0 Å². The van der Waals surface area contributed by atoms with Gasteiger partial charge >= 0.3 is 0 Å². The second-order valence-corrected chi connectivity index (χ2v) is 14.0. The monoisotopic (exact) mass is 611 g/mol. The smallest absolute Gasteiger partial charge is 0.264 e. The molecule has 1 N–H and O–H groups in total. The van der Waals surface area contributed by atoms with Crippen LogP contribution in [0, 0.1) is 13.8 Å². The van der Waals surface area contributed by atoms with Gasteiger partial charge < -0.3 is 10.2 Å². The van der Waals surface area contributed by atoms with E-state index in [1.54, 1.807) is 36.4 Å². The number of nitrogens with one attached hydrogen (secondary N) is 1. The highest BCUT2D eigenvalue weighted by atomic mass is 32.2. The van der Waals surface area contributed by atoms with Crippen molar-refractivity contribution in [3.05, 3.63) is 131 Å². The van der Waals surface area contributed by atoms with E-state index >= 15 is 0 Å². The third kappa shape index (κ3) is 8.57. The highest BCUT2D eigenvalue weighted by Gasteiger charge is 2.35. The number of anilines is 1. The zero-order valence-corrected chi connectivity index (χ0v) is 26.8. The average molecular weight is 612 g/mol. The molecule has 0 saturated carbocycles. The molecular formula is C36H41N3O4S. The molecule has 0 aromatic heterocycles. The van der Waals surface area contributed by atoms with Crippen LogP contribution in [-0.4, -0.2) is 43.3 Å². The molecule has 4 rings (SSSR count). The molecule has 0 bridgehead atoms. The third-order valence-corrected chi connectivity index (χ3v) is 8.96. The molecule has 7 nitrogen and oxygen atoms in total. The van der Waals surface area contributed by atoms with E-state index in [0.29, 0.717) is 5.69 Å². The summed E-state index contributed by atoms with van der Waals surface area (Å²) in [6.07, 6.45) is 0.260. The van der Waals surface area contributed by atoms with Crippen molar-refractivity contribution in [3.63, 3.8) is 0 Å². The molecule has 44 heavy (non-hydrogen) atoms. The Morgan fingerprint density at radius 2 is 1.23 bits per heavy atom. The molecule has 230 valence electrons. The highest BCUT2D eigenvalue weighted by Crippen LogP contribution is 2.26. The summed E-state index contributed by atoms with van der Waals surface area (Å²) in [5.41, 5.74) is 3.41. The van der Waals surface area contributed by atoms with Gasteiger partial charge in [0.1, 0.15) is 12.6 Å². The number of amides is 2. The molecule has 4 aromatic rings. The van der Waals surface area contributed by atoms with E-state index in [1.165, 1.54) is 4.90 Å². The first-order valence-corrected chi connectivity index (χ1v) is 16.1. The number of rotatable bonds is 11. The lowest BCUT2D eigenvalue weighted by Crippen LogP contribution is -2.56. The largest absolute Gasteiger partial charge is 0.350 e. The zero-order chi connectivity index (χ0) is 31.9. The Balaban J connectivity index is 1.80. The van der Waals surface area contributed by atoms with Crippen LogP contribution in [0.5, 0.6) is 0 Å². The van der Waals surface area contributed by atoms with E-state index in [2.05, 4.69) is 5.32 Å². The molecule has 4 aromatic carbocycles. The number of sulfonamides is 1. The molecule has 1 unspecified atom stereocenters. The molecule has 8 heteroatoms. The Kier molecular flexibility index (Phi) is 10.3. The molecule has 0 saturated heterocycles. The van der Waals surface area contributed by atoms with Crippen LogP contribution >= 0.6 is 0 Å². The quantitative estimate of drug-likeness (QED) is 0.224. The minimum absolute atomic E-state index is 0.0809. The van der Waals surface area contributed by atoms with Gasteiger partial charge in [-0.2, -0.15) is 0 Å². The molecule has 2 amide bonds. The fourth-order valence-corrected chi connectivity index (χ4v) is 6.28. The maximum absolute atomic E-state index is 14.5. The normalized spacial score (nSPS) is 12.3. The summed E-state index contributed by atoms with van der Waals surface area (Å²) in [6, 6.07) is 31.6. The number of hydrogen-bond acceptors (Lipinski definition) is 4. The Morgan fingerprint density at radius 1 is 0.727 bits per heavy atom. The summed E-state index contributed by atoms with van der Waals surface area (Å²) in [4.78, 5) is 30.0. The van der Waals surface area contributed by atoms with Crippen molar-refractivity contribution in [1.82, 2.24) is 10.2 Å². The van der Waals surface area contributed by atoms with Crippen molar-refractivity contribution in [1.29, 1.82) is 0 Å². The molecule has 0 heterocycles. The standard InChI is InChI=1S/C36H41N3O4S/c1-27-16-20-31(21-17-27)39(44(42,43)32-22-18-28(2)19-23-32)26-34(40)38(25-30-14-10-7-11-15-30)33(35(41)37-36(3,4)5)24-29-12-8-6-9-13-29/h6-23,33H,24-26H2,1-5H3,(H,37,41). The van der Waals surface area contributed by atoms with Crippen LogP contribution in [-0.2, 0) is 32.6 Å². The second kappa shape index (κ2) is 13.9. The molecule has 0 fully saturated rings. The highest BCUT2D eigenvalue weighted by molar-refractivity contribution is 7.92. The molecule has 0 aliphatic heterocycles. The topological polar surface area (TPSA) is 86.8 Å². The fourth-order valence-electron chi connectivity index (χ4n) is 4.86. The van der Waals surface area contributed by atoms with Gasteiger partial charge in [0, 0.05) is 18.5 Å². The lowest BCUT2D eigenvalue weighted by Gasteiger charge is -2.35. The number of benzene rings is 4. The molecule has 0 aliphatic carbocycles. The van der Waals surface area contributed by atoms with Crippen molar-refractivity contribution >= 4 is 27.5 Å². The number of carbonyl (C=O) groups excluding carboxylic acids is 2. The van der Waals surface area contributed by atoms with Gasteiger partial charge in [0.05, 0.1) is 10.6 Å². The maximum atomic E-state index is 14.5. The van der Waals surface area contributed by atoms with E-state index in [-0.39, 0.29) is 23.8 Å². The minimum Gasteiger partial charge on any atom is -0.350 e. The lowest BCUT2D eigenvalue weighted by molar-refractivity contribution is -0.140. The van der Waals surface area contributed by atoms with E-state index in [4.69, 9.17) is 0 Å². The maximum Gasteiger partial charge on any atom is 0.264 e. The van der Waals surface area contributed by atoms with Gasteiger partial charge in [0.25, 0.3) is 10.0 Å². The Morgan fingerprint density at radius 3 is 1.75 bits per heavy atom. The van der Waals surface area contributed by atoms with Crippen molar-refractivity contribution < 1.29 is 18.0 Å². The van der Waals surface area contributed by atoms with Crippen LogP contribution < -0.4 is 9.62 Å². The summed E-state index contributed by atoms with van der Waals surface area (Å²) in [5.74, 6) is -0.802. The SMILES string of the molecule is Cc1ccc(N(CC(=O)N(Cc2ccccc2)C(Cc2ccccc2)C(=O)NC(C)(C)C)S(=O)(=O)c2ccc(C)cc2)cc1. The summed E-state index contributed by atoms with van der Waals surface area (Å²) in [6.45, 7) is 9.11. The first kappa shape index (κ1) is 32.5. The summed E-state index contributed by atoms with van der Waals surface area (Å²) in [7, 11) is -4.13. The van der Waals surface area contributed by atoms with Gasteiger partial charge in [-0.1, -0.05) is 96.1 Å². The number of aryl methyl sites for hydroxylation is 2. The van der Waals surface area contributed by atoms with Gasteiger partial charge in [-0.05, 0) is 70.0 Å².